The highest BCUT2D eigenvalue weighted by Crippen LogP contribution is 2.53. The quantitative estimate of drug-likeness (QED) is 0.626. The average Bonchev–Trinajstić information content (AvgIpc) is 2.45. The zero-order chi connectivity index (χ0) is 17.5. The number of aliphatic hydroxyl groups excluding tert-OH is 1. The molecule has 1 aliphatic heterocycles. The Balaban J connectivity index is 2.16. The van der Waals surface area contributed by atoms with E-state index in [4.69, 9.17) is 9.47 Å². The molecule has 0 aromatic heterocycles. The number of hydrogen-bond acceptors (Lipinski definition) is 3. The Labute approximate surface area is 145 Å². The molecule has 1 N–H and O–H groups in total. The van der Waals surface area contributed by atoms with Crippen LogP contribution in [0.3, 0.4) is 0 Å². The van der Waals surface area contributed by atoms with E-state index >= 15 is 0 Å². The molecule has 3 heteroatoms. The van der Waals surface area contributed by atoms with E-state index in [-0.39, 0.29) is 5.60 Å². The molecule has 2 aliphatic rings. The molecule has 132 valence electrons. The Hall–Kier alpha value is -1.48. The van der Waals surface area contributed by atoms with Gasteiger partial charge >= 0.3 is 0 Å². The van der Waals surface area contributed by atoms with Crippen molar-refractivity contribution in [1.82, 2.24) is 0 Å². The predicted octanol–water partition coefficient (Wildman–Crippen LogP) is 4.97. The van der Waals surface area contributed by atoms with Gasteiger partial charge in [0.2, 0.25) is 0 Å². The van der Waals surface area contributed by atoms with Crippen LogP contribution in [0.25, 0.3) is 0 Å². The highest BCUT2D eigenvalue weighted by atomic mass is 16.6. The fourth-order valence-corrected chi connectivity index (χ4v) is 4.27. The van der Waals surface area contributed by atoms with Gasteiger partial charge in [-0.3, -0.25) is 0 Å². The second-order valence-electron chi connectivity index (χ2n) is 7.86. The van der Waals surface area contributed by atoms with Crippen LogP contribution in [0.5, 0.6) is 11.5 Å². The van der Waals surface area contributed by atoms with Crippen molar-refractivity contribution in [3.63, 3.8) is 0 Å². The number of allylic oxidation sites excluding steroid dienone is 2. The van der Waals surface area contributed by atoms with Crippen molar-refractivity contribution in [2.75, 3.05) is 0 Å². The third-order valence-electron chi connectivity index (χ3n) is 5.35. The highest BCUT2D eigenvalue weighted by Gasteiger charge is 2.45. The summed E-state index contributed by atoms with van der Waals surface area (Å²) in [6.45, 7) is 10.4. The fourth-order valence-electron chi connectivity index (χ4n) is 4.27. The summed E-state index contributed by atoms with van der Waals surface area (Å²) in [5.74, 6) is 2.43. The first-order valence-corrected chi connectivity index (χ1v) is 9.19. The molecule has 0 radical (unpaired) electrons. The first-order chi connectivity index (χ1) is 11.3. The summed E-state index contributed by atoms with van der Waals surface area (Å²) in [5, 5.41) is 9.80. The molecule has 0 saturated heterocycles. The number of hydrogen-bond donors (Lipinski definition) is 1. The van der Waals surface area contributed by atoms with Crippen molar-refractivity contribution in [2.24, 2.45) is 5.92 Å². The summed E-state index contributed by atoms with van der Waals surface area (Å²) in [5.41, 5.74) is 3.55. The Morgan fingerprint density at radius 1 is 1.38 bits per heavy atom. The number of aliphatic hydroxyl groups is 1. The molecule has 1 aliphatic carbocycles. The Bertz CT molecular complexity index is 625. The van der Waals surface area contributed by atoms with Crippen LogP contribution in [-0.4, -0.2) is 17.0 Å². The molecule has 1 aromatic rings. The van der Waals surface area contributed by atoms with Crippen LogP contribution in [0.4, 0.5) is 0 Å². The monoisotopic (exact) mass is 330 g/mol. The zero-order valence-corrected chi connectivity index (χ0v) is 15.6. The minimum absolute atomic E-state index is 0.193. The van der Waals surface area contributed by atoms with Crippen LogP contribution in [0.15, 0.2) is 23.8 Å². The van der Waals surface area contributed by atoms with Gasteiger partial charge in [-0.2, -0.15) is 0 Å². The van der Waals surface area contributed by atoms with Gasteiger partial charge in [0.1, 0.15) is 17.1 Å². The predicted molar refractivity (Wildman–Crippen MR) is 96.7 cm³/mol. The van der Waals surface area contributed by atoms with Gasteiger partial charge in [-0.1, -0.05) is 25.0 Å². The minimum Gasteiger partial charge on any atom is -0.487 e. The van der Waals surface area contributed by atoms with Crippen LogP contribution < -0.4 is 9.47 Å². The SMILES string of the molecule is CCCc1cc(OC(C)O)c2c(c1)OC(C)(C)C1CCC(C)=CC21. The molecule has 24 heavy (non-hydrogen) atoms. The van der Waals surface area contributed by atoms with E-state index in [9.17, 15) is 5.11 Å². The van der Waals surface area contributed by atoms with Crippen LogP contribution in [-0.2, 0) is 6.42 Å². The zero-order valence-electron chi connectivity index (χ0n) is 15.6. The summed E-state index contributed by atoms with van der Waals surface area (Å²) in [7, 11) is 0. The van der Waals surface area contributed by atoms with Crippen molar-refractivity contribution < 1.29 is 14.6 Å². The Morgan fingerprint density at radius 2 is 2.12 bits per heavy atom. The molecule has 0 fully saturated rings. The van der Waals surface area contributed by atoms with Crippen molar-refractivity contribution in [3.05, 3.63) is 34.9 Å². The van der Waals surface area contributed by atoms with Gasteiger partial charge < -0.3 is 14.6 Å². The molecule has 3 rings (SSSR count). The third-order valence-corrected chi connectivity index (χ3v) is 5.35. The topological polar surface area (TPSA) is 38.7 Å². The summed E-state index contributed by atoms with van der Waals surface area (Å²) < 4.78 is 12.2. The van der Waals surface area contributed by atoms with Crippen molar-refractivity contribution >= 4 is 0 Å². The molecule has 3 atom stereocenters. The van der Waals surface area contributed by atoms with E-state index in [0.29, 0.717) is 11.8 Å². The number of rotatable bonds is 4. The molecule has 0 amide bonds. The second kappa shape index (κ2) is 6.44. The molecule has 0 saturated carbocycles. The van der Waals surface area contributed by atoms with Gasteiger partial charge in [0.05, 0.1) is 0 Å². The standard InChI is InChI=1S/C21H30O3/c1-6-7-15-11-18(23-14(3)22)20-16-10-13(2)8-9-17(16)21(4,5)24-19(20)12-15/h10-12,14,16-17,22H,6-9H2,1-5H3. The third kappa shape index (κ3) is 3.19. The number of aryl methyl sites for hydroxylation is 1. The van der Waals surface area contributed by atoms with E-state index in [1.807, 2.05) is 0 Å². The van der Waals surface area contributed by atoms with Crippen LogP contribution in [0.2, 0.25) is 0 Å². The minimum atomic E-state index is -0.826. The molecule has 1 heterocycles. The lowest BCUT2D eigenvalue weighted by atomic mass is 9.68. The van der Waals surface area contributed by atoms with Gasteiger partial charge in [-0.05, 0) is 64.7 Å². The van der Waals surface area contributed by atoms with E-state index < -0.39 is 6.29 Å². The van der Waals surface area contributed by atoms with E-state index in [0.717, 1.165) is 42.7 Å². The van der Waals surface area contributed by atoms with Gasteiger partial charge in [-0.15, -0.1) is 0 Å². The van der Waals surface area contributed by atoms with Crippen LogP contribution >= 0.6 is 0 Å². The molecular weight excluding hydrogens is 300 g/mol. The largest absolute Gasteiger partial charge is 0.487 e. The van der Waals surface area contributed by atoms with Gasteiger partial charge in [0.25, 0.3) is 0 Å². The maximum atomic E-state index is 9.80. The molecule has 0 spiro atoms. The number of fused-ring (bicyclic) bond motifs is 3. The smallest absolute Gasteiger partial charge is 0.194 e. The van der Waals surface area contributed by atoms with Gasteiger partial charge in [-0.25, -0.2) is 0 Å². The van der Waals surface area contributed by atoms with E-state index in [1.165, 1.54) is 11.1 Å². The van der Waals surface area contributed by atoms with E-state index in [2.05, 4.69) is 45.9 Å². The second-order valence-corrected chi connectivity index (χ2v) is 7.86. The van der Waals surface area contributed by atoms with Crippen LogP contribution in [0.1, 0.15) is 70.9 Å². The summed E-state index contributed by atoms with van der Waals surface area (Å²) in [6, 6.07) is 4.26. The summed E-state index contributed by atoms with van der Waals surface area (Å²) in [4.78, 5) is 0. The summed E-state index contributed by atoms with van der Waals surface area (Å²) in [6.07, 6.45) is 5.87. The van der Waals surface area contributed by atoms with Gasteiger partial charge in [0, 0.05) is 17.4 Å². The van der Waals surface area contributed by atoms with Gasteiger partial charge in [0.15, 0.2) is 6.29 Å². The van der Waals surface area contributed by atoms with E-state index in [1.54, 1.807) is 6.92 Å². The number of benzene rings is 1. The lowest BCUT2D eigenvalue weighted by molar-refractivity contribution is -0.00995. The first-order valence-electron chi connectivity index (χ1n) is 9.19. The van der Waals surface area contributed by atoms with Crippen molar-refractivity contribution in [2.45, 2.75) is 78.1 Å². The maximum absolute atomic E-state index is 9.80. The fraction of sp³-hybridized carbons (Fsp3) is 0.619. The first kappa shape index (κ1) is 17.3. The maximum Gasteiger partial charge on any atom is 0.194 e. The van der Waals surface area contributed by atoms with Crippen LogP contribution in [0, 0.1) is 5.92 Å². The van der Waals surface area contributed by atoms with Crippen molar-refractivity contribution in [3.8, 4) is 11.5 Å². The van der Waals surface area contributed by atoms with Crippen molar-refractivity contribution in [1.29, 1.82) is 0 Å². The normalized spacial score (nSPS) is 25.8. The summed E-state index contributed by atoms with van der Waals surface area (Å²) >= 11 is 0. The molecular formula is C21H30O3. The lowest BCUT2D eigenvalue weighted by Gasteiger charge is -2.46. The lowest BCUT2D eigenvalue weighted by Crippen LogP contribution is -2.45. The molecule has 3 unspecified atom stereocenters. The Kier molecular flexibility index (Phi) is 4.65. The average molecular weight is 330 g/mol. The highest BCUT2D eigenvalue weighted by molar-refractivity contribution is 5.54. The molecule has 1 aromatic carbocycles. The Morgan fingerprint density at radius 3 is 2.79 bits per heavy atom. The number of ether oxygens (including phenoxy) is 2. The molecule has 0 bridgehead atoms. The molecule has 3 nitrogen and oxygen atoms in total.